The minimum atomic E-state index is -0.630. The molecule has 0 aromatic carbocycles. The molecule has 0 aliphatic heterocycles. The predicted octanol–water partition coefficient (Wildman–Crippen LogP) is 3.68. The highest BCUT2D eigenvalue weighted by molar-refractivity contribution is 5.65. The molecule has 0 saturated heterocycles. The van der Waals surface area contributed by atoms with Gasteiger partial charge in [0.2, 0.25) is 0 Å². The van der Waals surface area contributed by atoms with Crippen LogP contribution in [-0.4, -0.2) is 34.5 Å². The largest absolute Gasteiger partial charge is 0.465 e. The van der Waals surface area contributed by atoms with Gasteiger partial charge in [0, 0.05) is 12.3 Å². The molecule has 26 heavy (non-hydrogen) atoms. The summed E-state index contributed by atoms with van der Waals surface area (Å²) in [7, 11) is 0. The van der Waals surface area contributed by atoms with E-state index in [1.54, 1.807) is 0 Å². The first kappa shape index (κ1) is 18.7. The summed E-state index contributed by atoms with van der Waals surface area (Å²) in [6.45, 7) is 8.66. The number of carbonyl (C=O) groups is 1. The number of aliphatic hydroxyl groups is 2. The van der Waals surface area contributed by atoms with Crippen molar-refractivity contribution in [1.29, 1.82) is 0 Å². The molecule has 3 unspecified atom stereocenters. The maximum atomic E-state index is 11.4. The van der Waals surface area contributed by atoms with E-state index in [4.69, 9.17) is 4.74 Å². The van der Waals surface area contributed by atoms with Gasteiger partial charge in [-0.1, -0.05) is 20.3 Å². The van der Waals surface area contributed by atoms with Gasteiger partial charge >= 0.3 is 5.97 Å². The third kappa shape index (κ3) is 2.51. The monoisotopic (exact) mass is 364 g/mol. The molecule has 2 N–H and O–H groups in total. The number of rotatable bonds is 2. The van der Waals surface area contributed by atoms with Crippen molar-refractivity contribution < 1.29 is 19.7 Å². The third-order valence-electron chi connectivity index (χ3n) is 9.16. The molecule has 4 aliphatic carbocycles. The Kier molecular flexibility index (Phi) is 4.11. The van der Waals surface area contributed by atoms with E-state index in [9.17, 15) is 15.0 Å². The van der Waals surface area contributed by atoms with E-state index in [0.29, 0.717) is 12.5 Å². The first-order valence-electron chi connectivity index (χ1n) is 10.6. The molecule has 4 nitrogen and oxygen atoms in total. The number of hydrogen-bond acceptors (Lipinski definition) is 4. The molecule has 8 atom stereocenters. The molecule has 148 valence electrons. The number of carbonyl (C=O) groups excluding carboxylic acids is 1. The van der Waals surface area contributed by atoms with Gasteiger partial charge in [-0.3, -0.25) is 4.79 Å². The van der Waals surface area contributed by atoms with Gasteiger partial charge in [0.25, 0.3) is 0 Å². The number of hydrogen-bond donors (Lipinski definition) is 2. The highest BCUT2D eigenvalue weighted by atomic mass is 16.5. The molecule has 4 saturated carbocycles. The van der Waals surface area contributed by atoms with Gasteiger partial charge in [0.05, 0.1) is 18.3 Å². The van der Waals surface area contributed by atoms with Gasteiger partial charge in [0.15, 0.2) is 0 Å². The van der Waals surface area contributed by atoms with E-state index in [1.165, 1.54) is 6.92 Å². The summed E-state index contributed by atoms with van der Waals surface area (Å²) in [5.41, 5.74) is -0.473. The van der Waals surface area contributed by atoms with E-state index in [0.717, 1.165) is 51.4 Å². The van der Waals surface area contributed by atoms with E-state index < -0.39 is 5.60 Å². The molecule has 0 aromatic heterocycles. The normalized spacial score (nSPS) is 55.8. The Hall–Kier alpha value is -0.610. The van der Waals surface area contributed by atoms with Crippen molar-refractivity contribution in [1.82, 2.24) is 0 Å². The zero-order valence-electron chi connectivity index (χ0n) is 16.9. The lowest BCUT2D eigenvalue weighted by atomic mass is 9.40. The summed E-state index contributed by atoms with van der Waals surface area (Å²) in [6.07, 6.45) is 7.93. The van der Waals surface area contributed by atoms with Crippen molar-refractivity contribution in [3.63, 3.8) is 0 Å². The van der Waals surface area contributed by atoms with Gasteiger partial charge in [-0.25, -0.2) is 0 Å². The van der Waals surface area contributed by atoms with Gasteiger partial charge in [-0.05, 0) is 80.5 Å². The van der Waals surface area contributed by atoms with Crippen molar-refractivity contribution in [3.05, 3.63) is 0 Å². The number of esters is 1. The van der Waals surface area contributed by atoms with Crippen LogP contribution in [-0.2, 0) is 9.53 Å². The standard InChI is InChI=1S/C22H36O4/c1-14(23)26-13-19(2)7-5-8-20(3)17(19)6-9-22-11-15(21(4,25)12-22)10-16(24)18(20)22/h15-18,24-25H,5-13H2,1-4H3/t15-,16+,17?,18?,19-,20-,21?,22+/m1/s1. The van der Waals surface area contributed by atoms with Crippen LogP contribution in [0.1, 0.15) is 79.1 Å². The van der Waals surface area contributed by atoms with Gasteiger partial charge in [-0.15, -0.1) is 0 Å². The number of aliphatic hydroxyl groups excluding tert-OH is 1. The quantitative estimate of drug-likeness (QED) is 0.734. The lowest BCUT2D eigenvalue weighted by Gasteiger charge is -2.65. The molecule has 4 rings (SSSR count). The van der Waals surface area contributed by atoms with Crippen LogP contribution < -0.4 is 0 Å². The molecule has 0 heterocycles. The molecule has 4 fully saturated rings. The van der Waals surface area contributed by atoms with Gasteiger partial charge < -0.3 is 14.9 Å². The second-order valence-corrected chi connectivity index (χ2v) is 11.0. The average Bonchev–Trinajstić information content (AvgIpc) is 2.70. The summed E-state index contributed by atoms with van der Waals surface area (Å²) < 4.78 is 5.49. The summed E-state index contributed by atoms with van der Waals surface area (Å²) >= 11 is 0. The second-order valence-electron chi connectivity index (χ2n) is 11.0. The third-order valence-corrected chi connectivity index (χ3v) is 9.16. The molecule has 0 radical (unpaired) electrons. The smallest absolute Gasteiger partial charge is 0.302 e. The van der Waals surface area contributed by atoms with Gasteiger partial charge in [0.1, 0.15) is 0 Å². The van der Waals surface area contributed by atoms with E-state index in [1.807, 2.05) is 6.92 Å². The second kappa shape index (κ2) is 5.70. The Bertz CT molecular complexity index is 601. The molecular formula is C22H36O4. The van der Waals surface area contributed by atoms with Crippen LogP contribution >= 0.6 is 0 Å². The zero-order chi connectivity index (χ0) is 19.0. The lowest BCUT2D eigenvalue weighted by molar-refractivity contribution is -0.198. The minimum Gasteiger partial charge on any atom is -0.465 e. The Morgan fingerprint density at radius 3 is 2.62 bits per heavy atom. The SMILES string of the molecule is CC(=O)OC[C@@]1(C)CCC[C@]2(C)C1CC[C@@]13C[C@@H](C[C@H](O)C12)C(C)(O)C3. The van der Waals surface area contributed by atoms with Crippen molar-refractivity contribution >= 4 is 5.97 Å². The summed E-state index contributed by atoms with van der Waals surface area (Å²) in [5, 5.41) is 22.2. The topological polar surface area (TPSA) is 66.8 Å². The van der Waals surface area contributed by atoms with Crippen LogP contribution in [0.4, 0.5) is 0 Å². The van der Waals surface area contributed by atoms with Crippen LogP contribution in [0.3, 0.4) is 0 Å². The fraction of sp³-hybridized carbons (Fsp3) is 0.955. The van der Waals surface area contributed by atoms with E-state index in [-0.39, 0.29) is 40.2 Å². The molecular weight excluding hydrogens is 328 g/mol. The average molecular weight is 365 g/mol. The van der Waals surface area contributed by atoms with Crippen molar-refractivity contribution in [3.8, 4) is 0 Å². The first-order chi connectivity index (χ1) is 12.0. The lowest BCUT2D eigenvalue weighted by Crippen LogP contribution is -2.61. The van der Waals surface area contributed by atoms with Crippen molar-refractivity contribution in [2.45, 2.75) is 90.8 Å². The highest BCUT2D eigenvalue weighted by Crippen LogP contribution is 2.72. The maximum Gasteiger partial charge on any atom is 0.302 e. The predicted molar refractivity (Wildman–Crippen MR) is 99.3 cm³/mol. The molecule has 0 amide bonds. The summed E-state index contributed by atoms with van der Waals surface area (Å²) in [5.74, 6) is 0.773. The van der Waals surface area contributed by atoms with E-state index >= 15 is 0 Å². The number of fused-ring (bicyclic) bond motifs is 3. The molecule has 0 aromatic rings. The minimum absolute atomic E-state index is 0.00201. The fourth-order valence-corrected chi connectivity index (χ4v) is 8.47. The van der Waals surface area contributed by atoms with Crippen LogP contribution in [0, 0.1) is 34.0 Å². The highest BCUT2D eigenvalue weighted by Gasteiger charge is 2.69. The summed E-state index contributed by atoms with van der Waals surface area (Å²) in [4.78, 5) is 11.4. The molecule has 1 spiro atoms. The Morgan fingerprint density at radius 2 is 1.92 bits per heavy atom. The van der Waals surface area contributed by atoms with Crippen LogP contribution in [0.2, 0.25) is 0 Å². The Balaban J connectivity index is 1.69. The Morgan fingerprint density at radius 1 is 1.19 bits per heavy atom. The number of ether oxygens (including phenoxy) is 1. The van der Waals surface area contributed by atoms with Gasteiger partial charge in [-0.2, -0.15) is 0 Å². The summed E-state index contributed by atoms with van der Waals surface area (Å²) in [6, 6.07) is 0. The van der Waals surface area contributed by atoms with Crippen molar-refractivity contribution in [2.75, 3.05) is 6.61 Å². The van der Waals surface area contributed by atoms with Crippen LogP contribution in [0.25, 0.3) is 0 Å². The maximum absolute atomic E-state index is 11.4. The molecule has 4 aliphatic rings. The fourth-order valence-electron chi connectivity index (χ4n) is 8.47. The first-order valence-corrected chi connectivity index (χ1v) is 10.6. The van der Waals surface area contributed by atoms with Crippen molar-refractivity contribution in [2.24, 2.45) is 34.0 Å². The van der Waals surface area contributed by atoms with E-state index in [2.05, 4.69) is 13.8 Å². The molecule has 2 bridgehead atoms. The Labute approximate surface area is 157 Å². The zero-order valence-corrected chi connectivity index (χ0v) is 16.9. The molecule has 4 heteroatoms. The van der Waals surface area contributed by atoms with Crippen LogP contribution in [0.15, 0.2) is 0 Å². The van der Waals surface area contributed by atoms with Crippen LogP contribution in [0.5, 0.6) is 0 Å².